The summed E-state index contributed by atoms with van der Waals surface area (Å²) < 4.78 is 30.7. The molecule has 9 nitrogen and oxygen atoms in total. The molecule has 0 unspecified atom stereocenters. The number of ether oxygens (including phenoxy) is 5. The zero-order valence-electron chi connectivity index (χ0n) is 31.0. The van der Waals surface area contributed by atoms with Crippen molar-refractivity contribution in [1.82, 2.24) is 4.90 Å². The predicted molar refractivity (Wildman–Crippen MR) is 196 cm³/mol. The summed E-state index contributed by atoms with van der Waals surface area (Å²) >= 11 is 0. The number of carbonyl (C=O) groups excluding carboxylic acids is 2. The van der Waals surface area contributed by atoms with Crippen molar-refractivity contribution >= 4 is 12.0 Å². The van der Waals surface area contributed by atoms with Crippen LogP contribution < -0.4 is 23.5 Å². The SMILES string of the molecule is CCCCCCCCCCCCCCOc1c(OC)cc(COC(=O)N(Cc2cccc[n+]2CCC)C(=O)c2ccccc2OC)cc1OC. The molecule has 0 spiro atoms. The lowest BCUT2D eigenvalue weighted by molar-refractivity contribution is -0.704. The Hall–Kier alpha value is -4.27. The van der Waals surface area contributed by atoms with E-state index in [4.69, 9.17) is 23.7 Å². The first-order valence-electron chi connectivity index (χ1n) is 18.4. The van der Waals surface area contributed by atoms with Gasteiger partial charge in [-0.1, -0.05) is 103 Å². The zero-order chi connectivity index (χ0) is 36.0. The van der Waals surface area contributed by atoms with Gasteiger partial charge in [-0.25, -0.2) is 14.3 Å². The van der Waals surface area contributed by atoms with Gasteiger partial charge in [0.05, 0.1) is 33.5 Å². The minimum atomic E-state index is -0.780. The molecule has 2 aromatic carbocycles. The van der Waals surface area contributed by atoms with Crippen molar-refractivity contribution < 1.29 is 37.8 Å². The maximum Gasteiger partial charge on any atom is 0.417 e. The number of benzene rings is 2. The summed E-state index contributed by atoms with van der Waals surface area (Å²) in [6, 6.07) is 16.1. The van der Waals surface area contributed by atoms with E-state index in [-0.39, 0.29) is 18.7 Å². The Bertz CT molecular complexity index is 1420. The van der Waals surface area contributed by atoms with Gasteiger partial charge >= 0.3 is 6.09 Å². The molecule has 0 radical (unpaired) electrons. The number of nitrogens with zero attached hydrogens (tertiary/aromatic N) is 2. The Balaban J connectivity index is 1.61. The molecule has 9 heteroatoms. The van der Waals surface area contributed by atoms with E-state index in [1.807, 2.05) is 29.0 Å². The highest BCUT2D eigenvalue weighted by Crippen LogP contribution is 2.39. The molecule has 274 valence electrons. The van der Waals surface area contributed by atoms with E-state index in [0.29, 0.717) is 35.2 Å². The summed E-state index contributed by atoms with van der Waals surface area (Å²) in [4.78, 5) is 28.6. The molecular weight excluding hydrogens is 632 g/mol. The fourth-order valence-electron chi connectivity index (χ4n) is 5.96. The number of aryl methyl sites for hydroxylation is 1. The van der Waals surface area contributed by atoms with Crippen LogP contribution in [-0.4, -0.2) is 44.8 Å². The molecule has 0 fully saturated rings. The first-order valence-corrected chi connectivity index (χ1v) is 18.4. The number of rotatable bonds is 24. The van der Waals surface area contributed by atoms with Gasteiger partial charge in [0.1, 0.15) is 25.4 Å². The van der Waals surface area contributed by atoms with E-state index < -0.39 is 12.0 Å². The van der Waals surface area contributed by atoms with Crippen LogP contribution >= 0.6 is 0 Å². The lowest BCUT2D eigenvalue weighted by Gasteiger charge is -2.21. The molecule has 3 aromatic rings. The highest BCUT2D eigenvalue weighted by atomic mass is 16.6. The fourth-order valence-corrected chi connectivity index (χ4v) is 5.96. The van der Waals surface area contributed by atoms with Gasteiger partial charge in [0.2, 0.25) is 11.4 Å². The average Bonchev–Trinajstić information content (AvgIpc) is 3.15. The molecule has 0 N–H and O–H groups in total. The van der Waals surface area contributed by atoms with Crippen LogP contribution in [0, 0.1) is 0 Å². The standard InChI is InChI=1S/C41H59N2O7/c1-6-8-9-10-11-12-13-14-15-16-17-22-28-49-39-37(47-4)29-33(30-38(39)48-5)32-50-41(45)43(31-34-23-20-21-27-42(34)26-7-2)40(44)35-24-18-19-25-36(35)46-3/h18-21,23-25,27,29-30H,6-17,22,26,28,31-32H2,1-5H3/q+1. The maximum absolute atomic E-state index is 13.8. The van der Waals surface area contributed by atoms with E-state index in [9.17, 15) is 9.59 Å². The van der Waals surface area contributed by atoms with Crippen LogP contribution in [0.4, 0.5) is 4.79 Å². The number of aromatic nitrogens is 1. The normalized spacial score (nSPS) is 10.8. The van der Waals surface area contributed by atoms with Crippen LogP contribution in [0.2, 0.25) is 0 Å². The number of carbonyl (C=O) groups is 2. The molecule has 50 heavy (non-hydrogen) atoms. The average molecular weight is 692 g/mol. The molecule has 2 amide bonds. The van der Waals surface area contributed by atoms with Gasteiger partial charge in [0.15, 0.2) is 17.7 Å². The topological polar surface area (TPSA) is 87.4 Å². The lowest BCUT2D eigenvalue weighted by Crippen LogP contribution is -2.44. The molecule has 1 aromatic heterocycles. The summed E-state index contributed by atoms with van der Waals surface area (Å²) in [7, 11) is 4.63. The summed E-state index contributed by atoms with van der Waals surface area (Å²) in [6.45, 7) is 5.55. The first kappa shape index (κ1) is 40.2. The molecule has 3 rings (SSSR count). The summed E-state index contributed by atoms with van der Waals surface area (Å²) in [5.41, 5.74) is 1.70. The molecule has 0 atom stereocenters. The van der Waals surface area contributed by atoms with Crippen molar-refractivity contribution in [2.75, 3.05) is 27.9 Å². The number of hydrogen-bond donors (Lipinski definition) is 0. The van der Waals surface area contributed by atoms with Crippen LogP contribution in [0.15, 0.2) is 60.8 Å². The third kappa shape index (κ3) is 12.9. The van der Waals surface area contributed by atoms with Gasteiger partial charge in [-0.05, 0) is 36.2 Å². The van der Waals surface area contributed by atoms with E-state index in [1.165, 1.54) is 71.3 Å². The van der Waals surface area contributed by atoms with Gasteiger partial charge < -0.3 is 23.7 Å². The third-order valence-electron chi connectivity index (χ3n) is 8.75. The number of unbranched alkanes of at least 4 members (excludes halogenated alkanes) is 11. The van der Waals surface area contributed by atoms with Gasteiger partial charge in [-0.15, -0.1) is 0 Å². The second-order valence-electron chi connectivity index (χ2n) is 12.6. The number of methoxy groups -OCH3 is 3. The van der Waals surface area contributed by atoms with Crippen LogP contribution in [0.3, 0.4) is 0 Å². The molecular formula is C41H59N2O7+. The monoisotopic (exact) mass is 691 g/mol. The van der Waals surface area contributed by atoms with Crippen LogP contribution in [0.1, 0.15) is 119 Å². The Morgan fingerprint density at radius 1 is 0.680 bits per heavy atom. The minimum absolute atomic E-state index is 0.0229. The second-order valence-corrected chi connectivity index (χ2v) is 12.6. The largest absolute Gasteiger partial charge is 0.496 e. The second kappa shape index (κ2) is 23.2. The number of imide groups is 1. The Labute approximate surface area is 299 Å². The van der Waals surface area contributed by atoms with E-state index in [0.717, 1.165) is 36.4 Å². The number of hydrogen-bond acceptors (Lipinski definition) is 7. The van der Waals surface area contributed by atoms with E-state index in [1.54, 1.807) is 50.6 Å². The summed E-state index contributed by atoms with van der Waals surface area (Å²) in [6.07, 6.45) is 17.4. The summed E-state index contributed by atoms with van der Waals surface area (Å²) in [5, 5.41) is 0. The Morgan fingerprint density at radius 2 is 1.26 bits per heavy atom. The Kier molecular flexibility index (Phi) is 18.6. The van der Waals surface area contributed by atoms with Crippen molar-refractivity contribution in [3.05, 3.63) is 77.6 Å². The lowest BCUT2D eigenvalue weighted by atomic mass is 10.1. The zero-order valence-corrected chi connectivity index (χ0v) is 31.0. The summed E-state index contributed by atoms with van der Waals surface area (Å²) in [5.74, 6) is 1.35. The van der Waals surface area contributed by atoms with E-state index in [2.05, 4.69) is 13.8 Å². The minimum Gasteiger partial charge on any atom is -0.496 e. The van der Waals surface area contributed by atoms with Gasteiger partial charge in [-0.3, -0.25) is 4.79 Å². The molecule has 0 aliphatic carbocycles. The van der Waals surface area contributed by atoms with Gasteiger partial charge in [0.25, 0.3) is 5.91 Å². The highest BCUT2D eigenvalue weighted by molar-refractivity contribution is 6.04. The number of pyridine rings is 1. The van der Waals surface area contributed by atoms with Crippen LogP contribution in [-0.2, 0) is 24.4 Å². The molecule has 0 aliphatic heterocycles. The van der Waals surface area contributed by atoms with Crippen LogP contribution in [0.25, 0.3) is 0 Å². The third-order valence-corrected chi connectivity index (χ3v) is 8.75. The van der Waals surface area contributed by atoms with Crippen molar-refractivity contribution in [3.63, 3.8) is 0 Å². The predicted octanol–water partition coefficient (Wildman–Crippen LogP) is 9.47. The molecule has 0 bridgehead atoms. The fraction of sp³-hybridized carbons (Fsp3) is 0.537. The highest BCUT2D eigenvalue weighted by Gasteiger charge is 2.30. The number of para-hydroxylation sites is 1. The van der Waals surface area contributed by atoms with Gasteiger partial charge in [-0.2, -0.15) is 0 Å². The van der Waals surface area contributed by atoms with Crippen LogP contribution in [0.5, 0.6) is 23.0 Å². The molecule has 1 heterocycles. The van der Waals surface area contributed by atoms with Crippen molar-refractivity contribution in [3.8, 4) is 23.0 Å². The molecule has 0 aliphatic rings. The smallest absolute Gasteiger partial charge is 0.417 e. The van der Waals surface area contributed by atoms with Crippen molar-refractivity contribution in [2.45, 2.75) is 117 Å². The Morgan fingerprint density at radius 3 is 1.86 bits per heavy atom. The maximum atomic E-state index is 13.8. The van der Waals surface area contributed by atoms with E-state index >= 15 is 0 Å². The van der Waals surface area contributed by atoms with Gasteiger partial charge in [0, 0.05) is 18.6 Å². The number of amides is 2. The molecule has 0 saturated carbocycles. The van der Waals surface area contributed by atoms with Crippen molar-refractivity contribution in [2.24, 2.45) is 0 Å². The molecule has 0 saturated heterocycles. The van der Waals surface area contributed by atoms with Crippen molar-refractivity contribution in [1.29, 1.82) is 0 Å². The first-order chi connectivity index (χ1) is 24.5. The quantitative estimate of drug-likeness (QED) is 0.0683.